The molecule has 0 spiro atoms. The van der Waals surface area contributed by atoms with Gasteiger partial charge >= 0.3 is 5.97 Å². The SMILES string of the molecule is CC(COc1ccc(C(=O)O)cc1)=Nc1cc(C)ccc1NCC1CCCCC1. The third kappa shape index (κ3) is 6.34. The van der Waals surface area contributed by atoms with Crippen molar-refractivity contribution in [2.24, 2.45) is 10.9 Å². The van der Waals surface area contributed by atoms with Crippen LogP contribution in [0.4, 0.5) is 11.4 Å². The number of nitrogens with one attached hydrogen (secondary N) is 1. The van der Waals surface area contributed by atoms with E-state index in [-0.39, 0.29) is 5.56 Å². The lowest BCUT2D eigenvalue weighted by Crippen LogP contribution is -2.17. The molecule has 0 bridgehead atoms. The van der Waals surface area contributed by atoms with Crippen LogP contribution in [0.3, 0.4) is 0 Å². The molecular formula is C24H30N2O3. The Labute approximate surface area is 172 Å². The Morgan fingerprint density at radius 1 is 1.14 bits per heavy atom. The quantitative estimate of drug-likeness (QED) is 0.550. The number of aromatic carboxylic acids is 1. The Morgan fingerprint density at radius 2 is 1.86 bits per heavy atom. The summed E-state index contributed by atoms with van der Waals surface area (Å²) in [7, 11) is 0. The normalized spacial score (nSPS) is 15.2. The number of aliphatic imine (C=N–C) groups is 1. The van der Waals surface area contributed by atoms with Crippen molar-refractivity contribution in [3.05, 3.63) is 53.6 Å². The molecule has 1 saturated carbocycles. The zero-order valence-corrected chi connectivity index (χ0v) is 17.3. The summed E-state index contributed by atoms with van der Waals surface area (Å²) in [6.07, 6.45) is 6.68. The molecule has 0 atom stereocenters. The van der Waals surface area contributed by atoms with Gasteiger partial charge in [-0.15, -0.1) is 0 Å². The third-order valence-electron chi connectivity index (χ3n) is 5.32. The molecular weight excluding hydrogens is 364 g/mol. The molecule has 0 unspecified atom stereocenters. The minimum atomic E-state index is -0.943. The van der Waals surface area contributed by atoms with Crippen LogP contribution < -0.4 is 10.1 Å². The van der Waals surface area contributed by atoms with Crippen LogP contribution in [0.15, 0.2) is 47.5 Å². The number of benzene rings is 2. The average Bonchev–Trinajstić information content (AvgIpc) is 2.73. The van der Waals surface area contributed by atoms with Crippen LogP contribution in [-0.2, 0) is 0 Å². The number of aryl methyl sites for hydroxylation is 1. The lowest BCUT2D eigenvalue weighted by atomic mass is 9.89. The van der Waals surface area contributed by atoms with E-state index in [9.17, 15) is 4.79 Å². The topological polar surface area (TPSA) is 70.9 Å². The fourth-order valence-electron chi connectivity index (χ4n) is 3.65. The van der Waals surface area contributed by atoms with Crippen LogP contribution in [0.2, 0.25) is 0 Å². The second kappa shape index (κ2) is 10.1. The van der Waals surface area contributed by atoms with Crippen LogP contribution in [0.5, 0.6) is 5.75 Å². The lowest BCUT2D eigenvalue weighted by Gasteiger charge is -2.22. The average molecular weight is 395 g/mol. The minimum Gasteiger partial charge on any atom is -0.488 e. The Kier molecular flexibility index (Phi) is 7.28. The van der Waals surface area contributed by atoms with Gasteiger partial charge in [-0.1, -0.05) is 25.3 Å². The Balaban J connectivity index is 1.62. The lowest BCUT2D eigenvalue weighted by molar-refractivity contribution is 0.0697. The van der Waals surface area contributed by atoms with Gasteiger partial charge in [0.2, 0.25) is 0 Å². The molecule has 1 fully saturated rings. The van der Waals surface area contributed by atoms with E-state index < -0.39 is 5.97 Å². The van der Waals surface area contributed by atoms with Crippen LogP contribution in [0.1, 0.15) is 54.9 Å². The molecule has 1 aliphatic carbocycles. The first-order valence-electron chi connectivity index (χ1n) is 10.4. The zero-order chi connectivity index (χ0) is 20.6. The molecule has 2 aromatic rings. The summed E-state index contributed by atoms with van der Waals surface area (Å²) in [6, 6.07) is 12.7. The predicted molar refractivity (Wildman–Crippen MR) is 118 cm³/mol. The molecule has 154 valence electrons. The summed E-state index contributed by atoms with van der Waals surface area (Å²) in [4.78, 5) is 15.7. The van der Waals surface area contributed by atoms with Gasteiger partial charge in [0.1, 0.15) is 12.4 Å². The Hall–Kier alpha value is -2.82. The maximum atomic E-state index is 10.9. The number of ether oxygens (including phenoxy) is 1. The summed E-state index contributed by atoms with van der Waals surface area (Å²) >= 11 is 0. The van der Waals surface area contributed by atoms with Crippen molar-refractivity contribution in [2.75, 3.05) is 18.5 Å². The van der Waals surface area contributed by atoms with Crippen LogP contribution in [0, 0.1) is 12.8 Å². The van der Waals surface area contributed by atoms with E-state index in [0.717, 1.165) is 29.5 Å². The van der Waals surface area contributed by atoms with E-state index in [0.29, 0.717) is 12.4 Å². The predicted octanol–water partition coefficient (Wildman–Crippen LogP) is 5.86. The number of carbonyl (C=O) groups is 1. The fourth-order valence-corrected chi connectivity index (χ4v) is 3.65. The van der Waals surface area contributed by atoms with Gasteiger partial charge in [0.25, 0.3) is 0 Å². The van der Waals surface area contributed by atoms with Crippen LogP contribution in [0.25, 0.3) is 0 Å². The Morgan fingerprint density at radius 3 is 2.55 bits per heavy atom. The van der Waals surface area contributed by atoms with Crippen molar-refractivity contribution < 1.29 is 14.6 Å². The first-order chi connectivity index (χ1) is 14.0. The molecule has 0 saturated heterocycles. The molecule has 0 aromatic heterocycles. The number of hydrogen-bond donors (Lipinski definition) is 2. The van der Waals surface area contributed by atoms with Crippen molar-refractivity contribution in [3.8, 4) is 5.75 Å². The van der Waals surface area contributed by atoms with E-state index in [4.69, 9.17) is 14.8 Å². The highest BCUT2D eigenvalue weighted by atomic mass is 16.5. The summed E-state index contributed by atoms with van der Waals surface area (Å²) in [5, 5.41) is 12.6. The van der Waals surface area contributed by atoms with Gasteiger partial charge in [-0.25, -0.2) is 4.79 Å². The third-order valence-corrected chi connectivity index (χ3v) is 5.32. The molecule has 0 heterocycles. The van der Waals surface area contributed by atoms with Gasteiger partial charge in [-0.2, -0.15) is 0 Å². The fraction of sp³-hybridized carbons (Fsp3) is 0.417. The van der Waals surface area contributed by atoms with E-state index in [1.807, 2.05) is 6.92 Å². The van der Waals surface area contributed by atoms with Crippen molar-refractivity contribution in [1.29, 1.82) is 0 Å². The molecule has 3 rings (SSSR count). The van der Waals surface area contributed by atoms with E-state index >= 15 is 0 Å². The van der Waals surface area contributed by atoms with Gasteiger partial charge in [-0.3, -0.25) is 4.99 Å². The molecule has 5 nitrogen and oxygen atoms in total. The molecule has 0 radical (unpaired) electrons. The van der Waals surface area contributed by atoms with E-state index in [2.05, 4.69) is 30.4 Å². The van der Waals surface area contributed by atoms with Crippen LogP contribution >= 0.6 is 0 Å². The highest BCUT2D eigenvalue weighted by molar-refractivity contribution is 5.88. The van der Waals surface area contributed by atoms with Gasteiger partial charge in [0, 0.05) is 6.54 Å². The van der Waals surface area contributed by atoms with Crippen molar-refractivity contribution >= 4 is 23.1 Å². The number of nitrogens with zero attached hydrogens (tertiary/aromatic N) is 1. The number of hydrogen-bond acceptors (Lipinski definition) is 4. The maximum Gasteiger partial charge on any atom is 0.335 e. The first-order valence-corrected chi connectivity index (χ1v) is 10.4. The second-order valence-corrected chi connectivity index (χ2v) is 7.87. The van der Waals surface area contributed by atoms with Crippen LogP contribution in [-0.4, -0.2) is 29.9 Å². The molecule has 0 aliphatic heterocycles. The monoisotopic (exact) mass is 394 g/mol. The number of rotatable bonds is 8. The van der Waals surface area contributed by atoms with E-state index in [1.165, 1.54) is 49.8 Å². The standard InChI is InChI=1S/C24H30N2O3/c1-17-8-13-22(25-15-19-6-4-3-5-7-19)23(14-17)26-18(2)16-29-21-11-9-20(10-12-21)24(27)28/h8-14,19,25H,3-7,15-16H2,1-2H3,(H,27,28). The van der Waals surface area contributed by atoms with Crippen molar-refractivity contribution in [3.63, 3.8) is 0 Å². The highest BCUT2D eigenvalue weighted by Gasteiger charge is 2.13. The second-order valence-electron chi connectivity index (χ2n) is 7.87. The first kappa shape index (κ1) is 20.9. The molecule has 1 aliphatic rings. The molecule has 2 aromatic carbocycles. The van der Waals surface area contributed by atoms with Gasteiger partial charge < -0.3 is 15.2 Å². The molecule has 0 amide bonds. The van der Waals surface area contributed by atoms with Gasteiger partial charge in [0.15, 0.2) is 0 Å². The maximum absolute atomic E-state index is 10.9. The van der Waals surface area contributed by atoms with Crippen molar-refractivity contribution in [2.45, 2.75) is 46.0 Å². The van der Waals surface area contributed by atoms with Gasteiger partial charge in [-0.05, 0) is 74.6 Å². The molecule has 29 heavy (non-hydrogen) atoms. The zero-order valence-electron chi connectivity index (χ0n) is 17.3. The number of carboxylic acids is 1. The minimum absolute atomic E-state index is 0.246. The molecule has 5 heteroatoms. The summed E-state index contributed by atoms with van der Waals surface area (Å²) in [6.45, 7) is 5.36. The summed E-state index contributed by atoms with van der Waals surface area (Å²) < 4.78 is 5.76. The smallest absolute Gasteiger partial charge is 0.335 e. The summed E-state index contributed by atoms with van der Waals surface area (Å²) in [5.74, 6) is 0.437. The van der Waals surface area contributed by atoms with Gasteiger partial charge in [0.05, 0.1) is 22.6 Å². The molecule has 2 N–H and O–H groups in total. The summed E-state index contributed by atoms with van der Waals surface area (Å²) in [5.41, 5.74) is 4.27. The highest BCUT2D eigenvalue weighted by Crippen LogP contribution is 2.29. The largest absolute Gasteiger partial charge is 0.488 e. The Bertz CT molecular complexity index is 853. The van der Waals surface area contributed by atoms with Crippen molar-refractivity contribution in [1.82, 2.24) is 0 Å². The number of anilines is 1. The van der Waals surface area contributed by atoms with E-state index in [1.54, 1.807) is 12.1 Å². The number of carboxylic acid groups (broad SMARTS) is 1.